The molecule has 0 aliphatic carbocycles. The Morgan fingerprint density at radius 1 is 1.07 bits per heavy atom. The Morgan fingerprint density at radius 3 is 2.43 bits per heavy atom. The maximum Gasteiger partial charge on any atom is 0.0615 e. The van der Waals surface area contributed by atoms with Gasteiger partial charge < -0.3 is 10.1 Å². The number of unbranched alkanes of at least 4 members (excludes halogenated alkanes) is 3. The van der Waals surface area contributed by atoms with Crippen molar-refractivity contribution in [1.29, 1.82) is 0 Å². The second kappa shape index (κ2) is 11.0. The average molecular weight is 201 g/mol. The normalized spacial score (nSPS) is 13.1. The molecular formula is C12H27NO. The van der Waals surface area contributed by atoms with E-state index in [1.54, 1.807) is 7.11 Å². The summed E-state index contributed by atoms with van der Waals surface area (Å²) in [6.07, 6.45) is 7.84. The van der Waals surface area contributed by atoms with Crippen LogP contribution in [0.3, 0.4) is 0 Å². The molecular weight excluding hydrogens is 174 g/mol. The highest BCUT2D eigenvalue weighted by atomic mass is 16.5. The van der Waals surface area contributed by atoms with Crippen LogP contribution in [0, 0.1) is 0 Å². The zero-order chi connectivity index (χ0) is 10.6. The molecule has 1 atom stereocenters. The smallest absolute Gasteiger partial charge is 0.0615 e. The number of rotatable bonds is 10. The molecule has 0 aliphatic rings. The second-order valence-electron chi connectivity index (χ2n) is 3.96. The predicted octanol–water partition coefficient (Wildman–Crippen LogP) is 2.97. The van der Waals surface area contributed by atoms with Gasteiger partial charge in [-0.2, -0.15) is 0 Å². The SMILES string of the molecule is CCCCCCC(COC)NCCC. The first-order valence-corrected chi connectivity index (χ1v) is 6.07. The standard InChI is InChI=1S/C12H27NO/c1-4-6-7-8-9-12(11-14-3)13-10-5-2/h12-13H,4-11H2,1-3H3. The van der Waals surface area contributed by atoms with E-state index in [0.717, 1.165) is 13.2 Å². The molecule has 2 heteroatoms. The summed E-state index contributed by atoms with van der Waals surface area (Å²) in [4.78, 5) is 0. The number of hydrogen-bond donors (Lipinski definition) is 1. The van der Waals surface area contributed by atoms with Crippen molar-refractivity contribution in [3.8, 4) is 0 Å². The van der Waals surface area contributed by atoms with Crippen LogP contribution >= 0.6 is 0 Å². The fourth-order valence-corrected chi connectivity index (χ4v) is 1.61. The van der Waals surface area contributed by atoms with E-state index >= 15 is 0 Å². The van der Waals surface area contributed by atoms with Gasteiger partial charge in [-0.1, -0.05) is 39.5 Å². The summed E-state index contributed by atoms with van der Waals surface area (Å²) in [5, 5.41) is 3.52. The summed E-state index contributed by atoms with van der Waals surface area (Å²) >= 11 is 0. The van der Waals surface area contributed by atoms with Crippen molar-refractivity contribution in [3.05, 3.63) is 0 Å². The van der Waals surface area contributed by atoms with Crippen molar-refractivity contribution in [3.63, 3.8) is 0 Å². The minimum Gasteiger partial charge on any atom is -0.383 e. The van der Waals surface area contributed by atoms with Gasteiger partial charge >= 0.3 is 0 Å². The van der Waals surface area contributed by atoms with Crippen LogP contribution in [0.5, 0.6) is 0 Å². The van der Waals surface area contributed by atoms with E-state index in [1.165, 1.54) is 38.5 Å². The quantitative estimate of drug-likeness (QED) is 0.549. The Bertz CT molecular complexity index is 106. The van der Waals surface area contributed by atoms with Crippen molar-refractivity contribution in [2.45, 2.75) is 58.4 Å². The molecule has 0 aromatic heterocycles. The molecule has 0 heterocycles. The highest BCUT2D eigenvalue weighted by molar-refractivity contribution is 4.65. The van der Waals surface area contributed by atoms with Crippen molar-refractivity contribution in [1.82, 2.24) is 5.32 Å². The zero-order valence-corrected chi connectivity index (χ0v) is 10.1. The van der Waals surface area contributed by atoms with Gasteiger partial charge in [0.15, 0.2) is 0 Å². The molecule has 14 heavy (non-hydrogen) atoms. The van der Waals surface area contributed by atoms with Gasteiger partial charge in [-0.15, -0.1) is 0 Å². The number of nitrogens with one attached hydrogen (secondary N) is 1. The Labute approximate surface area is 89.4 Å². The third-order valence-corrected chi connectivity index (χ3v) is 2.46. The molecule has 86 valence electrons. The molecule has 0 bridgehead atoms. The van der Waals surface area contributed by atoms with Crippen LogP contribution in [0.1, 0.15) is 52.4 Å². The third-order valence-electron chi connectivity index (χ3n) is 2.46. The molecule has 0 aliphatic heterocycles. The average Bonchev–Trinajstić information content (AvgIpc) is 2.20. The largest absolute Gasteiger partial charge is 0.383 e. The van der Waals surface area contributed by atoms with Gasteiger partial charge in [0.05, 0.1) is 6.61 Å². The molecule has 0 rings (SSSR count). The maximum absolute atomic E-state index is 5.20. The Morgan fingerprint density at radius 2 is 1.86 bits per heavy atom. The van der Waals surface area contributed by atoms with Gasteiger partial charge in [0.25, 0.3) is 0 Å². The van der Waals surface area contributed by atoms with Crippen molar-refractivity contribution >= 4 is 0 Å². The molecule has 0 saturated heterocycles. The molecule has 1 N–H and O–H groups in total. The van der Waals surface area contributed by atoms with Crippen LogP contribution < -0.4 is 5.32 Å². The fraction of sp³-hybridized carbons (Fsp3) is 1.00. The third kappa shape index (κ3) is 8.52. The molecule has 1 unspecified atom stereocenters. The van der Waals surface area contributed by atoms with Gasteiger partial charge in [0, 0.05) is 13.2 Å². The van der Waals surface area contributed by atoms with E-state index < -0.39 is 0 Å². The summed E-state index contributed by atoms with van der Waals surface area (Å²) in [5.41, 5.74) is 0. The van der Waals surface area contributed by atoms with E-state index in [9.17, 15) is 0 Å². The summed E-state index contributed by atoms with van der Waals surface area (Å²) in [5.74, 6) is 0. The van der Waals surface area contributed by atoms with Crippen molar-refractivity contribution in [2.75, 3.05) is 20.3 Å². The van der Waals surface area contributed by atoms with Gasteiger partial charge in [-0.05, 0) is 19.4 Å². The van der Waals surface area contributed by atoms with Crippen LogP contribution in [0.15, 0.2) is 0 Å². The minimum atomic E-state index is 0.566. The van der Waals surface area contributed by atoms with Gasteiger partial charge in [-0.25, -0.2) is 0 Å². The molecule has 0 aromatic rings. The fourth-order valence-electron chi connectivity index (χ4n) is 1.61. The lowest BCUT2D eigenvalue weighted by atomic mass is 10.1. The summed E-state index contributed by atoms with van der Waals surface area (Å²) in [6.45, 7) is 6.42. The Kier molecular flexibility index (Phi) is 10.9. The van der Waals surface area contributed by atoms with Crippen molar-refractivity contribution in [2.24, 2.45) is 0 Å². The highest BCUT2D eigenvalue weighted by Crippen LogP contribution is 2.05. The van der Waals surface area contributed by atoms with Crippen LogP contribution in [0.2, 0.25) is 0 Å². The molecule has 0 saturated carbocycles. The maximum atomic E-state index is 5.20. The number of ether oxygens (including phenoxy) is 1. The van der Waals surface area contributed by atoms with Gasteiger partial charge in [0.2, 0.25) is 0 Å². The minimum absolute atomic E-state index is 0.566. The van der Waals surface area contributed by atoms with E-state index in [-0.39, 0.29) is 0 Å². The first-order valence-electron chi connectivity index (χ1n) is 6.07. The lowest BCUT2D eigenvalue weighted by Gasteiger charge is -2.17. The van der Waals surface area contributed by atoms with E-state index in [2.05, 4.69) is 19.2 Å². The molecule has 0 fully saturated rings. The Hall–Kier alpha value is -0.0800. The van der Waals surface area contributed by atoms with E-state index in [4.69, 9.17) is 4.74 Å². The van der Waals surface area contributed by atoms with Crippen LogP contribution in [0.4, 0.5) is 0 Å². The van der Waals surface area contributed by atoms with Crippen LogP contribution in [0.25, 0.3) is 0 Å². The zero-order valence-electron chi connectivity index (χ0n) is 10.1. The summed E-state index contributed by atoms with van der Waals surface area (Å²) < 4.78 is 5.20. The highest BCUT2D eigenvalue weighted by Gasteiger charge is 2.05. The first kappa shape index (κ1) is 13.9. The van der Waals surface area contributed by atoms with Gasteiger partial charge in [-0.3, -0.25) is 0 Å². The summed E-state index contributed by atoms with van der Waals surface area (Å²) in [6, 6.07) is 0.566. The second-order valence-corrected chi connectivity index (χ2v) is 3.96. The first-order chi connectivity index (χ1) is 6.85. The topological polar surface area (TPSA) is 21.3 Å². The monoisotopic (exact) mass is 201 g/mol. The van der Waals surface area contributed by atoms with E-state index in [0.29, 0.717) is 6.04 Å². The summed E-state index contributed by atoms with van der Waals surface area (Å²) in [7, 11) is 1.78. The van der Waals surface area contributed by atoms with Crippen molar-refractivity contribution < 1.29 is 4.74 Å². The molecule has 0 amide bonds. The number of methoxy groups -OCH3 is 1. The van der Waals surface area contributed by atoms with Gasteiger partial charge in [0.1, 0.15) is 0 Å². The van der Waals surface area contributed by atoms with Crippen LogP contribution in [-0.4, -0.2) is 26.3 Å². The number of hydrogen-bond acceptors (Lipinski definition) is 2. The van der Waals surface area contributed by atoms with Crippen LogP contribution in [-0.2, 0) is 4.74 Å². The Balaban J connectivity index is 3.40. The lowest BCUT2D eigenvalue weighted by Crippen LogP contribution is -2.33. The predicted molar refractivity (Wildman–Crippen MR) is 62.7 cm³/mol. The molecule has 0 radical (unpaired) electrons. The molecule has 2 nitrogen and oxygen atoms in total. The molecule has 0 spiro atoms. The van der Waals surface area contributed by atoms with E-state index in [1.807, 2.05) is 0 Å². The lowest BCUT2D eigenvalue weighted by molar-refractivity contribution is 0.161. The molecule has 0 aromatic carbocycles.